The zero-order chi connectivity index (χ0) is 18.4. The van der Waals surface area contributed by atoms with Gasteiger partial charge in [-0.05, 0) is 56.8 Å². The fraction of sp³-hybridized carbons (Fsp3) is 0.524. The third-order valence-electron chi connectivity index (χ3n) is 5.25. The summed E-state index contributed by atoms with van der Waals surface area (Å²) in [5.74, 6) is 1.87. The fourth-order valence-electron chi connectivity index (χ4n) is 3.53. The summed E-state index contributed by atoms with van der Waals surface area (Å²) in [7, 11) is 0. The molecule has 2 heterocycles. The monoisotopic (exact) mass is 355 g/mol. The van der Waals surface area contributed by atoms with E-state index in [1.54, 1.807) is 6.26 Å². The van der Waals surface area contributed by atoms with Gasteiger partial charge in [0.05, 0.1) is 5.69 Å². The first kappa shape index (κ1) is 18.6. The van der Waals surface area contributed by atoms with E-state index in [9.17, 15) is 4.79 Å². The minimum atomic E-state index is 0.137. The molecule has 1 aromatic heterocycles. The highest BCUT2D eigenvalue weighted by Gasteiger charge is 2.21. The van der Waals surface area contributed by atoms with Crippen molar-refractivity contribution in [2.45, 2.75) is 39.5 Å². The molecule has 1 atom stereocenters. The van der Waals surface area contributed by atoms with Crippen LogP contribution in [0.5, 0.6) is 0 Å². The van der Waals surface area contributed by atoms with Crippen molar-refractivity contribution in [3.8, 4) is 11.5 Å². The maximum Gasteiger partial charge on any atom is 0.226 e. The second kappa shape index (κ2) is 8.99. The number of piperidine rings is 1. The van der Waals surface area contributed by atoms with Gasteiger partial charge in [-0.25, -0.2) is 4.98 Å². The van der Waals surface area contributed by atoms with Gasteiger partial charge in [0, 0.05) is 24.9 Å². The lowest BCUT2D eigenvalue weighted by molar-refractivity contribution is -0.122. The van der Waals surface area contributed by atoms with Crippen LogP contribution in [0.4, 0.5) is 0 Å². The van der Waals surface area contributed by atoms with Gasteiger partial charge in [-0.1, -0.05) is 24.6 Å². The number of amides is 1. The second-order valence-electron chi connectivity index (χ2n) is 7.38. The number of aromatic nitrogens is 1. The van der Waals surface area contributed by atoms with Crippen molar-refractivity contribution in [2.75, 3.05) is 19.6 Å². The summed E-state index contributed by atoms with van der Waals surface area (Å²) in [6, 6.07) is 8.11. The lowest BCUT2D eigenvalue weighted by Crippen LogP contribution is -2.34. The van der Waals surface area contributed by atoms with Crippen LogP contribution in [0.3, 0.4) is 0 Å². The fourth-order valence-corrected chi connectivity index (χ4v) is 3.53. The zero-order valence-corrected chi connectivity index (χ0v) is 15.8. The van der Waals surface area contributed by atoms with Gasteiger partial charge in [-0.15, -0.1) is 0 Å². The van der Waals surface area contributed by atoms with Crippen molar-refractivity contribution < 1.29 is 9.21 Å². The summed E-state index contributed by atoms with van der Waals surface area (Å²) in [6.07, 6.45) is 5.32. The first-order valence-corrected chi connectivity index (χ1v) is 9.60. The van der Waals surface area contributed by atoms with Crippen molar-refractivity contribution in [3.63, 3.8) is 0 Å². The Bertz CT molecular complexity index is 702. The number of nitrogens with one attached hydrogen (secondary N) is 2. The Kier molecular flexibility index (Phi) is 6.45. The standard InChI is InChI=1S/C21H29N3O2/c1-15-3-5-18(6-4-15)21-24-19(14-26-21)9-12-23-20(25)13-16(2)17-7-10-22-11-8-17/h3-6,14,16-17,22H,7-13H2,1-2H3,(H,23,25). The van der Waals surface area contributed by atoms with Gasteiger partial charge in [0.15, 0.2) is 0 Å². The van der Waals surface area contributed by atoms with Gasteiger partial charge in [0.1, 0.15) is 6.26 Å². The van der Waals surface area contributed by atoms with Crippen LogP contribution in [0.1, 0.15) is 37.4 Å². The van der Waals surface area contributed by atoms with Crippen LogP contribution in [0, 0.1) is 18.8 Å². The molecule has 1 aliphatic heterocycles. The smallest absolute Gasteiger partial charge is 0.226 e. The molecule has 5 nitrogen and oxygen atoms in total. The van der Waals surface area contributed by atoms with Gasteiger partial charge in [-0.2, -0.15) is 0 Å². The number of rotatable bonds is 7. The molecular weight excluding hydrogens is 326 g/mol. The molecule has 1 unspecified atom stereocenters. The molecule has 1 aromatic carbocycles. The molecule has 2 N–H and O–H groups in total. The summed E-state index contributed by atoms with van der Waals surface area (Å²) in [5.41, 5.74) is 3.05. The Labute approximate surface area is 155 Å². The number of hydrogen-bond donors (Lipinski definition) is 2. The number of nitrogens with zero attached hydrogens (tertiary/aromatic N) is 1. The van der Waals surface area contributed by atoms with Crippen LogP contribution < -0.4 is 10.6 Å². The summed E-state index contributed by atoms with van der Waals surface area (Å²) in [5, 5.41) is 6.40. The lowest BCUT2D eigenvalue weighted by Gasteiger charge is -2.27. The first-order valence-electron chi connectivity index (χ1n) is 9.60. The Balaban J connectivity index is 1.41. The highest BCUT2D eigenvalue weighted by atomic mass is 16.3. The topological polar surface area (TPSA) is 67.2 Å². The lowest BCUT2D eigenvalue weighted by atomic mass is 9.84. The number of oxazole rings is 1. The Morgan fingerprint density at radius 2 is 2.04 bits per heavy atom. The molecule has 0 bridgehead atoms. The molecule has 1 fully saturated rings. The minimum absolute atomic E-state index is 0.137. The van der Waals surface area contributed by atoms with Gasteiger partial charge in [-0.3, -0.25) is 4.79 Å². The zero-order valence-electron chi connectivity index (χ0n) is 15.8. The third-order valence-corrected chi connectivity index (χ3v) is 5.25. The number of benzene rings is 1. The summed E-state index contributed by atoms with van der Waals surface area (Å²) in [4.78, 5) is 16.7. The average molecular weight is 355 g/mol. The second-order valence-corrected chi connectivity index (χ2v) is 7.38. The van der Waals surface area contributed by atoms with Gasteiger partial charge < -0.3 is 15.1 Å². The maximum absolute atomic E-state index is 12.2. The predicted molar refractivity (Wildman–Crippen MR) is 103 cm³/mol. The molecule has 0 radical (unpaired) electrons. The van der Waals surface area contributed by atoms with E-state index in [0.717, 1.165) is 24.3 Å². The van der Waals surface area contributed by atoms with E-state index in [0.29, 0.717) is 37.1 Å². The van der Waals surface area contributed by atoms with Crippen LogP contribution >= 0.6 is 0 Å². The summed E-state index contributed by atoms with van der Waals surface area (Å²) in [6.45, 7) is 7.00. The molecule has 3 rings (SSSR count). The minimum Gasteiger partial charge on any atom is -0.444 e. The Morgan fingerprint density at radius 1 is 1.31 bits per heavy atom. The molecule has 0 saturated carbocycles. The highest BCUT2D eigenvalue weighted by Crippen LogP contribution is 2.24. The molecule has 1 amide bonds. The van der Waals surface area contributed by atoms with Gasteiger partial charge in [0.2, 0.25) is 11.8 Å². The Hall–Kier alpha value is -2.14. The van der Waals surface area contributed by atoms with Crippen molar-refractivity contribution in [2.24, 2.45) is 11.8 Å². The number of aryl methyl sites for hydroxylation is 1. The predicted octanol–water partition coefficient (Wildman–Crippen LogP) is 3.33. The SMILES string of the molecule is Cc1ccc(-c2nc(CCNC(=O)CC(C)C3CCNCC3)co2)cc1. The molecule has 5 heteroatoms. The van der Waals surface area contributed by atoms with E-state index in [1.165, 1.54) is 18.4 Å². The highest BCUT2D eigenvalue weighted by molar-refractivity contribution is 5.76. The molecular formula is C21H29N3O2. The van der Waals surface area contributed by atoms with E-state index in [-0.39, 0.29) is 5.91 Å². The first-order chi connectivity index (χ1) is 12.6. The third kappa shape index (κ3) is 5.18. The van der Waals surface area contributed by atoms with Crippen molar-refractivity contribution in [3.05, 3.63) is 41.8 Å². The van der Waals surface area contributed by atoms with E-state index >= 15 is 0 Å². The van der Waals surface area contributed by atoms with Crippen LogP contribution in [0.2, 0.25) is 0 Å². The molecule has 1 aliphatic rings. The molecule has 2 aromatic rings. The number of hydrogen-bond acceptors (Lipinski definition) is 4. The number of carbonyl (C=O) groups is 1. The van der Waals surface area contributed by atoms with Crippen LogP contribution in [-0.2, 0) is 11.2 Å². The Morgan fingerprint density at radius 3 is 2.77 bits per heavy atom. The van der Waals surface area contributed by atoms with E-state index in [4.69, 9.17) is 4.42 Å². The molecule has 26 heavy (non-hydrogen) atoms. The van der Waals surface area contributed by atoms with Crippen LogP contribution in [0.25, 0.3) is 11.5 Å². The molecule has 140 valence electrons. The van der Waals surface area contributed by atoms with Crippen molar-refractivity contribution in [1.82, 2.24) is 15.6 Å². The maximum atomic E-state index is 12.2. The average Bonchev–Trinajstić information content (AvgIpc) is 3.12. The van der Waals surface area contributed by atoms with E-state index in [1.807, 2.05) is 24.3 Å². The van der Waals surface area contributed by atoms with Crippen LogP contribution in [0.15, 0.2) is 34.9 Å². The quantitative estimate of drug-likeness (QED) is 0.799. The molecule has 1 saturated heterocycles. The normalized spacial score (nSPS) is 16.4. The molecule has 0 aliphatic carbocycles. The summed E-state index contributed by atoms with van der Waals surface area (Å²) < 4.78 is 5.56. The van der Waals surface area contributed by atoms with Crippen molar-refractivity contribution in [1.29, 1.82) is 0 Å². The van der Waals surface area contributed by atoms with E-state index in [2.05, 4.69) is 29.5 Å². The van der Waals surface area contributed by atoms with Crippen molar-refractivity contribution >= 4 is 5.91 Å². The van der Waals surface area contributed by atoms with Crippen LogP contribution in [-0.4, -0.2) is 30.5 Å². The van der Waals surface area contributed by atoms with Gasteiger partial charge >= 0.3 is 0 Å². The summed E-state index contributed by atoms with van der Waals surface area (Å²) >= 11 is 0. The number of carbonyl (C=O) groups excluding carboxylic acids is 1. The molecule has 0 spiro atoms. The largest absolute Gasteiger partial charge is 0.444 e. The van der Waals surface area contributed by atoms with Gasteiger partial charge in [0.25, 0.3) is 0 Å². The van der Waals surface area contributed by atoms with E-state index < -0.39 is 0 Å².